The highest BCUT2D eigenvalue weighted by molar-refractivity contribution is 14.1. The Morgan fingerprint density at radius 3 is 2.67 bits per heavy atom. The fourth-order valence-electron chi connectivity index (χ4n) is 4.09. The van der Waals surface area contributed by atoms with Gasteiger partial charge in [-0.1, -0.05) is 48.5 Å². The minimum absolute atomic E-state index is 0.0414. The van der Waals surface area contributed by atoms with Crippen molar-refractivity contribution in [3.8, 4) is 5.75 Å². The van der Waals surface area contributed by atoms with Crippen LogP contribution in [0, 0.1) is 3.57 Å². The van der Waals surface area contributed by atoms with Gasteiger partial charge in [0, 0.05) is 11.1 Å². The van der Waals surface area contributed by atoms with Crippen molar-refractivity contribution in [1.82, 2.24) is 10.4 Å². The van der Waals surface area contributed by atoms with E-state index in [0.717, 1.165) is 42.1 Å². The van der Waals surface area contributed by atoms with E-state index in [4.69, 9.17) is 4.74 Å². The van der Waals surface area contributed by atoms with Gasteiger partial charge in [-0.25, -0.2) is 10.4 Å². The number of carbonyl (C=O) groups excluding carboxylic acids is 1. The molecule has 0 saturated heterocycles. The van der Waals surface area contributed by atoms with Crippen LogP contribution in [-0.4, -0.2) is 17.1 Å². The number of hydrogen-bond donors (Lipinski definition) is 2. The first-order valence-corrected chi connectivity index (χ1v) is 15.2. The zero-order valence-electron chi connectivity index (χ0n) is 21.6. The van der Waals surface area contributed by atoms with Crippen LogP contribution in [0.2, 0.25) is 0 Å². The van der Waals surface area contributed by atoms with Crippen LogP contribution in [-0.2, 0) is 24.0 Å². The molecule has 214 valence electrons. The average Bonchev–Trinajstić information content (AvgIpc) is 3.38. The zero-order chi connectivity index (χ0) is 29.7. The van der Waals surface area contributed by atoms with Crippen molar-refractivity contribution < 1.29 is 22.7 Å². The molecule has 0 bridgehead atoms. The molecule has 42 heavy (non-hydrogen) atoms. The maximum Gasteiger partial charge on any atom is 0.416 e. The van der Waals surface area contributed by atoms with Gasteiger partial charge in [0.2, 0.25) is 5.91 Å². The molecule has 0 unspecified atom stereocenters. The second kappa shape index (κ2) is 13.2. The van der Waals surface area contributed by atoms with Crippen molar-refractivity contribution in [1.29, 1.82) is 0 Å². The van der Waals surface area contributed by atoms with E-state index in [0.29, 0.717) is 23.2 Å². The van der Waals surface area contributed by atoms with E-state index in [1.54, 1.807) is 5.38 Å². The van der Waals surface area contributed by atoms with Crippen molar-refractivity contribution in [3.05, 3.63) is 115 Å². The fraction of sp³-hybridized carbons (Fsp3) is 0.100. The minimum atomic E-state index is -4.44. The number of hydrazone groups is 1. The van der Waals surface area contributed by atoms with Gasteiger partial charge >= 0.3 is 6.18 Å². The van der Waals surface area contributed by atoms with Crippen molar-refractivity contribution >= 4 is 83.6 Å². The highest BCUT2D eigenvalue weighted by atomic mass is 127. The van der Waals surface area contributed by atoms with Gasteiger partial charge in [-0.2, -0.15) is 18.3 Å². The largest absolute Gasteiger partial charge is 0.487 e. The molecule has 0 spiro atoms. The number of hydrogen-bond acceptors (Lipinski definition) is 6. The van der Waals surface area contributed by atoms with Gasteiger partial charge < -0.3 is 10.1 Å². The van der Waals surface area contributed by atoms with Crippen molar-refractivity contribution in [3.63, 3.8) is 0 Å². The van der Waals surface area contributed by atoms with Gasteiger partial charge in [0.15, 0.2) is 5.13 Å². The first kappa shape index (κ1) is 30.0. The lowest BCUT2D eigenvalue weighted by molar-refractivity contribution is -0.137. The molecule has 0 atom stereocenters. The standard InChI is InChI=1S/C30H21BrF3IN4O2S/c31-25-11-18(12-26(35)28(25)41-16-20-7-3-6-19-5-1-2-10-24(19)20)15-36-39-27(40)14-23-17-42-29(38-23)37-22-9-4-8-21(13-22)30(32,33)34/h1-13,15,17H,14,16H2,(H,37,38)(H,39,40)/b36-15-. The van der Waals surface area contributed by atoms with Gasteiger partial charge in [-0.15, -0.1) is 11.3 Å². The number of anilines is 2. The lowest BCUT2D eigenvalue weighted by Crippen LogP contribution is -2.20. The van der Waals surface area contributed by atoms with Crippen LogP contribution in [0.3, 0.4) is 0 Å². The Labute approximate surface area is 265 Å². The third-order valence-electron chi connectivity index (χ3n) is 6.01. The molecule has 0 aliphatic heterocycles. The first-order valence-electron chi connectivity index (χ1n) is 12.4. The van der Waals surface area contributed by atoms with Crippen LogP contribution < -0.4 is 15.5 Å². The van der Waals surface area contributed by atoms with Crippen LogP contribution in [0.5, 0.6) is 5.75 Å². The molecule has 2 N–H and O–H groups in total. The quantitative estimate of drug-likeness (QED) is 0.0895. The molecular formula is C30H21BrF3IN4O2S. The topological polar surface area (TPSA) is 75.6 Å². The maximum atomic E-state index is 12.9. The van der Waals surface area contributed by atoms with E-state index in [9.17, 15) is 18.0 Å². The third kappa shape index (κ3) is 7.66. The summed E-state index contributed by atoms with van der Waals surface area (Å²) in [6.07, 6.45) is -2.95. The molecule has 0 saturated carbocycles. The van der Waals surface area contributed by atoms with E-state index in [1.807, 2.05) is 36.4 Å². The Morgan fingerprint density at radius 1 is 1.07 bits per heavy atom. The molecule has 1 aromatic heterocycles. The Kier molecular flexibility index (Phi) is 9.43. The summed E-state index contributed by atoms with van der Waals surface area (Å²) in [7, 11) is 0. The molecule has 0 radical (unpaired) electrons. The number of amides is 1. The van der Waals surface area contributed by atoms with E-state index in [1.165, 1.54) is 29.7 Å². The predicted molar refractivity (Wildman–Crippen MR) is 171 cm³/mol. The molecule has 1 amide bonds. The normalized spacial score (nSPS) is 11.6. The zero-order valence-corrected chi connectivity index (χ0v) is 26.1. The summed E-state index contributed by atoms with van der Waals surface area (Å²) in [5.74, 6) is 0.328. The van der Waals surface area contributed by atoms with Gasteiger partial charge in [0.05, 0.1) is 31.9 Å². The Morgan fingerprint density at radius 2 is 1.86 bits per heavy atom. The van der Waals surface area contributed by atoms with Crippen LogP contribution >= 0.6 is 49.9 Å². The number of carbonyl (C=O) groups is 1. The van der Waals surface area contributed by atoms with Crippen molar-refractivity contribution in [2.45, 2.75) is 19.2 Å². The van der Waals surface area contributed by atoms with Crippen LogP contribution in [0.1, 0.15) is 22.4 Å². The monoisotopic (exact) mass is 764 g/mol. The van der Waals surface area contributed by atoms with Crippen molar-refractivity contribution in [2.24, 2.45) is 5.10 Å². The predicted octanol–water partition coefficient (Wildman–Crippen LogP) is 8.70. The Bertz CT molecular complexity index is 1750. The number of nitrogens with zero attached hydrogens (tertiary/aromatic N) is 2. The van der Waals surface area contributed by atoms with E-state index < -0.39 is 11.7 Å². The Balaban J connectivity index is 1.15. The average molecular weight is 765 g/mol. The molecule has 5 aromatic rings. The number of alkyl halides is 3. The van der Waals surface area contributed by atoms with Gasteiger partial charge in [0.25, 0.3) is 0 Å². The molecule has 1 heterocycles. The van der Waals surface area contributed by atoms with Gasteiger partial charge in [-0.05, 0) is 90.8 Å². The summed E-state index contributed by atoms with van der Waals surface area (Å²) in [6.45, 7) is 0.410. The number of halogens is 5. The number of rotatable bonds is 9. The fourth-order valence-corrected chi connectivity index (χ4v) is 6.58. The van der Waals surface area contributed by atoms with Crippen LogP contribution in [0.4, 0.5) is 24.0 Å². The number of aromatic nitrogens is 1. The summed E-state index contributed by atoms with van der Waals surface area (Å²) < 4.78 is 46.6. The summed E-state index contributed by atoms with van der Waals surface area (Å²) in [5.41, 5.74) is 4.28. The summed E-state index contributed by atoms with van der Waals surface area (Å²) in [6, 6.07) is 22.9. The van der Waals surface area contributed by atoms with E-state index in [2.05, 4.69) is 77.5 Å². The molecule has 12 heteroatoms. The summed E-state index contributed by atoms with van der Waals surface area (Å²) in [4.78, 5) is 16.7. The molecule has 5 rings (SSSR count). The van der Waals surface area contributed by atoms with Crippen molar-refractivity contribution in [2.75, 3.05) is 5.32 Å². The van der Waals surface area contributed by atoms with E-state index >= 15 is 0 Å². The van der Waals surface area contributed by atoms with Crippen LogP contribution in [0.25, 0.3) is 10.8 Å². The SMILES string of the molecule is O=C(Cc1csc(Nc2cccc(C(F)(F)F)c2)n1)N/N=C\c1cc(Br)c(OCc2cccc3ccccc23)c(I)c1. The van der Waals surface area contributed by atoms with Crippen LogP contribution in [0.15, 0.2) is 93.8 Å². The highest BCUT2D eigenvalue weighted by Gasteiger charge is 2.30. The number of nitrogens with one attached hydrogen (secondary N) is 2. The number of thiazole rings is 1. The summed E-state index contributed by atoms with van der Waals surface area (Å²) >= 11 is 6.96. The van der Waals surface area contributed by atoms with Gasteiger partial charge in [-0.3, -0.25) is 4.79 Å². The first-order chi connectivity index (χ1) is 20.2. The summed E-state index contributed by atoms with van der Waals surface area (Å²) in [5, 5.41) is 11.2. The second-order valence-corrected chi connectivity index (χ2v) is 11.9. The lowest BCUT2D eigenvalue weighted by Gasteiger charge is -2.13. The molecular weight excluding hydrogens is 744 g/mol. The third-order valence-corrected chi connectivity index (χ3v) is 8.21. The molecule has 0 fully saturated rings. The second-order valence-electron chi connectivity index (χ2n) is 9.06. The maximum absolute atomic E-state index is 12.9. The number of ether oxygens (including phenoxy) is 1. The molecule has 0 aliphatic carbocycles. The molecule has 0 aliphatic rings. The molecule has 6 nitrogen and oxygen atoms in total. The Hall–Kier alpha value is -3.49. The highest BCUT2D eigenvalue weighted by Crippen LogP contribution is 2.34. The van der Waals surface area contributed by atoms with Gasteiger partial charge in [0.1, 0.15) is 12.4 Å². The molecule has 4 aromatic carbocycles. The number of benzene rings is 4. The minimum Gasteiger partial charge on any atom is -0.487 e. The lowest BCUT2D eigenvalue weighted by atomic mass is 10.1. The van der Waals surface area contributed by atoms with E-state index in [-0.39, 0.29) is 18.0 Å². The number of fused-ring (bicyclic) bond motifs is 1. The smallest absolute Gasteiger partial charge is 0.416 e.